The first-order valence-electron chi connectivity index (χ1n) is 13.4. The van der Waals surface area contributed by atoms with Crippen molar-refractivity contribution in [2.45, 2.75) is 6.92 Å². The summed E-state index contributed by atoms with van der Waals surface area (Å²) in [7, 11) is 0. The van der Waals surface area contributed by atoms with Crippen LogP contribution >= 0.6 is 27.5 Å². The molecule has 0 bridgehead atoms. The highest BCUT2D eigenvalue weighted by molar-refractivity contribution is 9.10. The third kappa shape index (κ3) is 6.33. The molecule has 0 atom stereocenters. The van der Waals surface area contributed by atoms with Gasteiger partial charge in [-0.05, 0) is 61.5 Å². The number of aromatic nitrogens is 2. The molecule has 0 radical (unpaired) electrons. The molecule has 2 heterocycles. The van der Waals surface area contributed by atoms with Crippen molar-refractivity contribution < 1.29 is 18.9 Å². The average molecular weight is 687 g/mol. The highest BCUT2D eigenvalue weighted by Gasteiger charge is 2.22. The van der Waals surface area contributed by atoms with Gasteiger partial charge in [0.1, 0.15) is 5.58 Å². The Morgan fingerprint density at radius 3 is 2.69 bits per heavy atom. The van der Waals surface area contributed by atoms with Gasteiger partial charge in [0.15, 0.2) is 12.4 Å². The maximum absolute atomic E-state index is 13.6. The first kappa shape index (κ1) is 29.7. The third-order valence-electron chi connectivity index (χ3n) is 6.70. The van der Waals surface area contributed by atoms with Crippen LogP contribution in [0.4, 0.5) is 11.4 Å². The van der Waals surface area contributed by atoms with E-state index < -0.39 is 28.7 Å². The fourth-order valence-corrected chi connectivity index (χ4v) is 5.22. The number of hydrogen-bond acceptors (Lipinski definition) is 8. The molecule has 4 aromatic carbocycles. The van der Waals surface area contributed by atoms with E-state index in [1.807, 2.05) is 31.2 Å². The van der Waals surface area contributed by atoms with Gasteiger partial charge in [0, 0.05) is 27.2 Å². The number of nitro groups is 1. The third-order valence-corrected chi connectivity index (χ3v) is 7.47. The molecular formula is C32H21BrClN5O6. The lowest BCUT2D eigenvalue weighted by atomic mass is 10.2. The number of nitro benzene ring substituents is 1. The Kier molecular flexibility index (Phi) is 8.16. The monoisotopic (exact) mass is 685 g/mol. The van der Waals surface area contributed by atoms with E-state index in [-0.39, 0.29) is 22.2 Å². The van der Waals surface area contributed by atoms with Crippen LogP contribution in [0.25, 0.3) is 33.5 Å². The van der Waals surface area contributed by atoms with E-state index in [9.17, 15) is 19.7 Å². The van der Waals surface area contributed by atoms with Crippen LogP contribution in [0.5, 0.6) is 5.75 Å². The van der Waals surface area contributed by atoms with Crippen LogP contribution in [0.15, 0.2) is 104 Å². The first-order valence-corrected chi connectivity index (χ1v) is 14.6. The SMILES string of the molecule is Cc1ccc(NC(=O)COc2c(Cl)cc(C=Nn3c(-c4cc5cc(Br)ccc5o4)nc4ccccc4c3=O)cc2[N+](=O)[O-])cc1. The summed E-state index contributed by atoms with van der Waals surface area (Å²) in [5.41, 5.74) is 1.83. The van der Waals surface area contributed by atoms with Crippen molar-refractivity contribution in [1.82, 2.24) is 9.66 Å². The van der Waals surface area contributed by atoms with Crippen LogP contribution in [0.1, 0.15) is 11.1 Å². The van der Waals surface area contributed by atoms with Gasteiger partial charge < -0.3 is 14.5 Å². The van der Waals surface area contributed by atoms with Crippen molar-refractivity contribution in [2.24, 2.45) is 5.10 Å². The van der Waals surface area contributed by atoms with E-state index in [1.165, 1.54) is 18.3 Å². The Morgan fingerprint density at radius 2 is 1.91 bits per heavy atom. The van der Waals surface area contributed by atoms with E-state index in [0.29, 0.717) is 27.9 Å². The predicted octanol–water partition coefficient (Wildman–Crippen LogP) is 7.34. The molecule has 224 valence electrons. The molecule has 0 aliphatic heterocycles. The first-order chi connectivity index (χ1) is 21.7. The van der Waals surface area contributed by atoms with Crippen molar-refractivity contribution in [1.29, 1.82) is 0 Å². The Balaban J connectivity index is 1.34. The Labute approximate surface area is 268 Å². The number of amides is 1. The van der Waals surface area contributed by atoms with Gasteiger partial charge in [0.05, 0.1) is 27.1 Å². The summed E-state index contributed by atoms with van der Waals surface area (Å²) in [6, 6.07) is 23.7. The number of rotatable bonds is 8. The van der Waals surface area contributed by atoms with Gasteiger partial charge in [0.25, 0.3) is 11.5 Å². The van der Waals surface area contributed by atoms with Crippen molar-refractivity contribution in [3.05, 3.63) is 126 Å². The molecular weight excluding hydrogens is 666 g/mol. The summed E-state index contributed by atoms with van der Waals surface area (Å²) in [5.74, 6) is -0.387. The molecule has 0 saturated carbocycles. The minimum Gasteiger partial charge on any atom is -0.476 e. The molecule has 11 nitrogen and oxygen atoms in total. The molecule has 0 fully saturated rings. The van der Waals surface area contributed by atoms with Gasteiger partial charge in [-0.3, -0.25) is 19.7 Å². The van der Waals surface area contributed by atoms with E-state index >= 15 is 0 Å². The molecule has 1 amide bonds. The van der Waals surface area contributed by atoms with Crippen LogP contribution in [0.2, 0.25) is 5.02 Å². The molecule has 0 aliphatic rings. The maximum Gasteiger partial charge on any atom is 0.313 e. The van der Waals surface area contributed by atoms with Gasteiger partial charge in [-0.25, -0.2) is 4.98 Å². The second-order valence-corrected chi connectivity index (χ2v) is 11.2. The van der Waals surface area contributed by atoms with Crippen LogP contribution < -0.4 is 15.6 Å². The molecule has 0 unspecified atom stereocenters. The summed E-state index contributed by atoms with van der Waals surface area (Å²) in [6.45, 7) is 1.40. The largest absolute Gasteiger partial charge is 0.476 e. The van der Waals surface area contributed by atoms with E-state index in [2.05, 4.69) is 31.3 Å². The van der Waals surface area contributed by atoms with Gasteiger partial charge >= 0.3 is 5.69 Å². The predicted molar refractivity (Wildman–Crippen MR) is 175 cm³/mol. The molecule has 6 aromatic rings. The summed E-state index contributed by atoms with van der Waals surface area (Å²) in [5, 5.41) is 19.9. The Bertz CT molecular complexity index is 2210. The second kappa shape index (κ2) is 12.3. The second-order valence-electron chi connectivity index (χ2n) is 9.92. The number of nitrogens with zero attached hydrogens (tertiary/aromatic N) is 4. The lowest BCUT2D eigenvalue weighted by molar-refractivity contribution is -0.385. The van der Waals surface area contributed by atoms with Crippen LogP contribution in [-0.2, 0) is 4.79 Å². The number of carbonyl (C=O) groups excluding carboxylic acids is 1. The van der Waals surface area contributed by atoms with Crippen molar-refractivity contribution >= 4 is 72.9 Å². The highest BCUT2D eigenvalue weighted by atomic mass is 79.9. The fourth-order valence-electron chi connectivity index (χ4n) is 4.56. The zero-order valence-corrected chi connectivity index (χ0v) is 25.7. The smallest absolute Gasteiger partial charge is 0.313 e. The maximum atomic E-state index is 13.6. The summed E-state index contributed by atoms with van der Waals surface area (Å²) in [4.78, 5) is 41.9. The summed E-state index contributed by atoms with van der Waals surface area (Å²) in [6.07, 6.45) is 1.24. The van der Waals surface area contributed by atoms with Crippen LogP contribution in [0.3, 0.4) is 0 Å². The van der Waals surface area contributed by atoms with Gasteiger partial charge in [-0.1, -0.05) is 57.4 Å². The number of benzene rings is 4. The van der Waals surface area contributed by atoms with E-state index in [4.69, 9.17) is 20.8 Å². The van der Waals surface area contributed by atoms with E-state index in [0.717, 1.165) is 20.1 Å². The molecule has 13 heteroatoms. The number of carbonyl (C=O) groups is 1. The van der Waals surface area contributed by atoms with Gasteiger partial charge in [0.2, 0.25) is 11.6 Å². The molecule has 0 saturated heterocycles. The minimum atomic E-state index is -0.682. The number of fused-ring (bicyclic) bond motifs is 2. The molecule has 1 N–H and O–H groups in total. The van der Waals surface area contributed by atoms with Crippen LogP contribution in [0, 0.1) is 17.0 Å². The number of ether oxygens (including phenoxy) is 1. The zero-order chi connectivity index (χ0) is 31.7. The van der Waals surface area contributed by atoms with Gasteiger partial charge in [-0.15, -0.1) is 0 Å². The number of para-hydroxylation sites is 1. The topological polar surface area (TPSA) is 142 Å². The Hall–Kier alpha value is -5.33. The van der Waals surface area contributed by atoms with Crippen molar-refractivity contribution in [3.8, 4) is 17.3 Å². The quantitative estimate of drug-likeness (QED) is 0.100. The number of nitrogens with one attached hydrogen (secondary N) is 1. The normalized spacial score (nSPS) is 11.4. The van der Waals surface area contributed by atoms with Crippen molar-refractivity contribution in [3.63, 3.8) is 0 Å². The molecule has 2 aromatic heterocycles. The average Bonchev–Trinajstić information content (AvgIpc) is 3.44. The summed E-state index contributed by atoms with van der Waals surface area (Å²) >= 11 is 9.84. The fraction of sp³-hybridized carbons (Fsp3) is 0.0625. The van der Waals surface area contributed by atoms with Crippen LogP contribution in [-0.4, -0.2) is 33.3 Å². The van der Waals surface area contributed by atoms with Gasteiger partial charge in [-0.2, -0.15) is 9.78 Å². The zero-order valence-electron chi connectivity index (χ0n) is 23.4. The molecule has 6 rings (SSSR count). The number of hydrogen-bond donors (Lipinski definition) is 1. The van der Waals surface area contributed by atoms with E-state index in [1.54, 1.807) is 48.5 Å². The lowest BCUT2D eigenvalue weighted by Crippen LogP contribution is -2.20. The molecule has 45 heavy (non-hydrogen) atoms. The minimum absolute atomic E-state index is 0.124. The standard InChI is InChI=1S/C32H21BrClN5O6/c1-18-6-9-22(10-7-18)36-29(40)17-44-30-24(34)12-19(13-26(30)39(42)43)16-35-38-31(37-25-5-3-2-4-23(25)32(38)41)28-15-20-14-21(33)8-11-27(20)45-28/h2-16H,17H2,1H3,(H,36,40). The molecule has 0 aliphatic carbocycles. The number of anilines is 1. The number of furan rings is 1. The summed E-state index contributed by atoms with van der Waals surface area (Å²) < 4.78 is 13.4. The highest BCUT2D eigenvalue weighted by Crippen LogP contribution is 2.36. The molecule has 0 spiro atoms. The number of aryl methyl sites for hydroxylation is 1. The van der Waals surface area contributed by atoms with Crippen molar-refractivity contribution in [2.75, 3.05) is 11.9 Å². The number of halogens is 2. The Morgan fingerprint density at radius 1 is 1.13 bits per heavy atom. The lowest BCUT2D eigenvalue weighted by Gasteiger charge is -2.10.